The molecule has 1 aliphatic rings. The number of amides is 2. The minimum atomic E-state index is -0.973. The SMILES string of the molecule is CC(Cn1ccnc1)NC(=O)N(CC(=O)O)C1CCCC1. The fourth-order valence-corrected chi connectivity index (χ4v) is 2.78. The van der Waals surface area contributed by atoms with Gasteiger partial charge in [0.25, 0.3) is 0 Å². The monoisotopic (exact) mass is 294 g/mol. The van der Waals surface area contributed by atoms with E-state index in [1.807, 2.05) is 17.7 Å². The van der Waals surface area contributed by atoms with Gasteiger partial charge in [0.2, 0.25) is 0 Å². The molecule has 7 heteroatoms. The molecule has 1 heterocycles. The summed E-state index contributed by atoms with van der Waals surface area (Å²) in [6, 6.07) is -0.345. The predicted octanol–water partition coefficient (Wildman–Crippen LogP) is 1.31. The third kappa shape index (κ3) is 4.47. The van der Waals surface area contributed by atoms with E-state index in [-0.39, 0.29) is 24.7 Å². The van der Waals surface area contributed by atoms with Gasteiger partial charge in [-0.1, -0.05) is 12.8 Å². The second-order valence-electron chi connectivity index (χ2n) is 5.57. The van der Waals surface area contributed by atoms with Crippen molar-refractivity contribution < 1.29 is 14.7 Å². The van der Waals surface area contributed by atoms with Crippen LogP contribution in [0.3, 0.4) is 0 Å². The standard InChI is InChI=1S/C14H22N4O3/c1-11(8-17-7-6-15-10-17)16-14(21)18(9-13(19)20)12-4-2-3-5-12/h6-7,10-12H,2-5,8-9H2,1H3,(H,16,21)(H,19,20). The van der Waals surface area contributed by atoms with Crippen LogP contribution in [-0.2, 0) is 11.3 Å². The highest BCUT2D eigenvalue weighted by Gasteiger charge is 2.28. The van der Waals surface area contributed by atoms with Crippen molar-refractivity contribution in [3.05, 3.63) is 18.7 Å². The van der Waals surface area contributed by atoms with Crippen LogP contribution in [0.1, 0.15) is 32.6 Å². The van der Waals surface area contributed by atoms with E-state index in [1.165, 1.54) is 4.90 Å². The highest BCUT2D eigenvalue weighted by molar-refractivity contribution is 5.80. The summed E-state index contributed by atoms with van der Waals surface area (Å²) in [5, 5.41) is 11.9. The zero-order valence-corrected chi connectivity index (χ0v) is 12.2. The molecule has 2 rings (SSSR count). The lowest BCUT2D eigenvalue weighted by atomic mass is 10.2. The molecule has 2 N–H and O–H groups in total. The van der Waals surface area contributed by atoms with E-state index in [4.69, 9.17) is 5.11 Å². The first kappa shape index (κ1) is 15.3. The Hall–Kier alpha value is -2.05. The molecular formula is C14H22N4O3. The molecule has 0 bridgehead atoms. The van der Waals surface area contributed by atoms with Gasteiger partial charge in [0.15, 0.2) is 0 Å². The lowest BCUT2D eigenvalue weighted by Crippen LogP contribution is -2.50. The first-order valence-corrected chi connectivity index (χ1v) is 7.31. The molecule has 2 amide bonds. The Morgan fingerprint density at radius 1 is 1.48 bits per heavy atom. The molecule has 1 aromatic rings. The number of imidazole rings is 1. The van der Waals surface area contributed by atoms with Gasteiger partial charge in [0, 0.05) is 31.0 Å². The summed E-state index contributed by atoms with van der Waals surface area (Å²) in [6.07, 6.45) is 9.08. The van der Waals surface area contributed by atoms with Crippen LogP contribution in [0.5, 0.6) is 0 Å². The number of nitrogens with zero attached hydrogens (tertiary/aromatic N) is 3. The number of hydrogen-bond donors (Lipinski definition) is 2. The van der Waals surface area contributed by atoms with Gasteiger partial charge in [-0.3, -0.25) is 4.79 Å². The minimum Gasteiger partial charge on any atom is -0.480 e. The molecule has 7 nitrogen and oxygen atoms in total. The van der Waals surface area contributed by atoms with Crippen molar-refractivity contribution >= 4 is 12.0 Å². The van der Waals surface area contributed by atoms with E-state index >= 15 is 0 Å². The zero-order chi connectivity index (χ0) is 15.2. The maximum atomic E-state index is 12.3. The number of carbonyl (C=O) groups excluding carboxylic acids is 1. The number of aliphatic carboxylic acids is 1. The lowest BCUT2D eigenvalue weighted by Gasteiger charge is -2.29. The first-order chi connectivity index (χ1) is 10.1. The Bertz CT molecular complexity index is 469. The van der Waals surface area contributed by atoms with Gasteiger partial charge < -0.3 is 19.9 Å². The van der Waals surface area contributed by atoms with Crippen LogP contribution in [0.4, 0.5) is 4.79 Å². The van der Waals surface area contributed by atoms with Gasteiger partial charge in [-0.2, -0.15) is 0 Å². The number of nitrogens with one attached hydrogen (secondary N) is 1. The van der Waals surface area contributed by atoms with Crippen LogP contribution in [-0.4, -0.2) is 50.2 Å². The van der Waals surface area contributed by atoms with E-state index in [0.717, 1.165) is 25.7 Å². The van der Waals surface area contributed by atoms with E-state index in [0.29, 0.717) is 6.54 Å². The predicted molar refractivity (Wildman–Crippen MR) is 76.8 cm³/mol. The van der Waals surface area contributed by atoms with Crippen LogP contribution < -0.4 is 5.32 Å². The average molecular weight is 294 g/mol. The molecule has 0 spiro atoms. The van der Waals surface area contributed by atoms with Crippen molar-refractivity contribution in [2.75, 3.05) is 6.54 Å². The first-order valence-electron chi connectivity index (χ1n) is 7.31. The van der Waals surface area contributed by atoms with Crippen LogP contribution in [0.15, 0.2) is 18.7 Å². The molecule has 1 saturated carbocycles. The summed E-state index contributed by atoms with van der Waals surface area (Å²) in [5.41, 5.74) is 0. The van der Waals surface area contributed by atoms with Gasteiger partial charge in [0.05, 0.1) is 6.33 Å². The number of rotatable bonds is 6. The molecule has 1 atom stereocenters. The summed E-state index contributed by atoms with van der Waals surface area (Å²) >= 11 is 0. The highest BCUT2D eigenvalue weighted by atomic mass is 16.4. The Kier molecular flexibility index (Phi) is 5.19. The van der Waals surface area contributed by atoms with Gasteiger partial charge in [-0.25, -0.2) is 9.78 Å². The molecule has 1 aliphatic carbocycles. The Labute approximate surface area is 124 Å². The van der Waals surface area contributed by atoms with Crippen molar-refractivity contribution in [2.45, 2.75) is 51.2 Å². The van der Waals surface area contributed by atoms with Crippen molar-refractivity contribution in [2.24, 2.45) is 0 Å². The molecule has 1 aromatic heterocycles. The maximum Gasteiger partial charge on any atom is 0.323 e. The van der Waals surface area contributed by atoms with Gasteiger partial charge in [0.1, 0.15) is 6.54 Å². The van der Waals surface area contributed by atoms with E-state index < -0.39 is 5.97 Å². The lowest BCUT2D eigenvalue weighted by molar-refractivity contribution is -0.138. The smallest absolute Gasteiger partial charge is 0.323 e. The summed E-state index contributed by atoms with van der Waals surface area (Å²) in [6.45, 7) is 2.26. The molecule has 1 fully saturated rings. The van der Waals surface area contributed by atoms with Crippen LogP contribution >= 0.6 is 0 Å². The van der Waals surface area contributed by atoms with Crippen LogP contribution in [0, 0.1) is 0 Å². The van der Waals surface area contributed by atoms with Crippen LogP contribution in [0.25, 0.3) is 0 Å². The molecule has 0 aliphatic heterocycles. The topological polar surface area (TPSA) is 87.5 Å². The molecule has 1 unspecified atom stereocenters. The van der Waals surface area contributed by atoms with Gasteiger partial charge >= 0.3 is 12.0 Å². The Morgan fingerprint density at radius 2 is 2.19 bits per heavy atom. The largest absolute Gasteiger partial charge is 0.480 e. The molecule has 0 radical (unpaired) electrons. The van der Waals surface area contributed by atoms with Crippen molar-refractivity contribution in [1.29, 1.82) is 0 Å². The van der Waals surface area contributed by atoms with Crippen molar-refractivity contribution in [3.8, 4) is 0 Å². The number of carbonyl (C=O) groups is 2. The summed E-state index contributed by atoms with van der Waals surface area (Å²) < 4.78 is 1.88. The average Bonchev–Trinajstić information content (AvgIpc) is 3.07. The van der Waals surface area contributed by atoms with Crippen LogP contribution in [0.2, 0.25) is 0 Å². The Morgan fingerprint density at radius 3 is 2.76 bits per heavy atom. The minimum absolute atomic E-state index is 0.0431. The second-order valence-corrected chi connectivity index (χ2v) is 5.57. The third-order valence-corrected chi connectivity index (χ3v) is 3.75. The van der Waals surface area contributed by atoms with Crippen molar-refractivity contribution in [1.82, 2.24) is 19.8 Å². The number of hydrogen-bond acceptors (Lipinski definition) is 3. The summed E-state index contributed by atoms with van der Waals surface area (Å²) in [4.78, 5) is 28.7. The van der Waals surface area contributed by atoms with E-state index in [2.05, 4.69) is 10.3 Å². The van der Waals surface area contributed by atoms with E-state index in [1.54, 1.807) is 12.5 Å². The maximum absolute atomic E-state index is 12.3. The highest BCUT2D eigenvalue weighted by Crippen LogP contribution is 2.23. The molecule has 21 heavy (non-hydrogen) atoms. The third-order valence-electron chi connectivity index (χ3n) is 3.75. The zero-order valence-electron chi connectivity index (χ0n) is 12.2. The normalized spacial score (nSPS) is 16.6. The van der Waals surface area contributed by atoms with Crippen molar-refractivity contribution in [3.63, 3.8) is 0 Å². The van der Waals surface area contributed by atoms with E-state index in [9.17, 15) is 9.59 Å². The molecule has 116 valence electrons. The summed E-state index contributed by atoms with van der Waals surface area (Å²) in [7, 11) is 0. The fraction of sp³-hybridized carbons (Fsp3) is 0.643. The number of carboxylic acid groups (broad SMARTS) is 1. The molecular weight excluding hydrogens is 272 g/mol. The number of carboxylic acids is 1. The fourth-order valence-electron chi connectivity index (χ4n) is 2.78. The van der Waals surface area contributed by atoms with Gasteiger partial charge in [-0.05, 0) is 19.8 Å². The number of aromatic nitrogens is 2. The Balaban J connectivity index is 1.92. The number of urea groups is 1. The summed E-state index contributed by atoms with van der Waals surface area (Å²) in [5.74, 6) is -0.973. The molecule has 0 saturated heterocycles. The quantitative estimate of drug-likeness (QED) is 0.828. The second kappa shape index (κ2) is 7.10. The molecule has 0 aromatic carbocycles. The van der Waals surface area contributed by atoms with Gasteiger partial charge in [-0.15, -0.1) is 0 Å².